The van der Waals surface area contributed by atoms with Gasteiger partial charge in [-0.1, -0.05) is 29.8 Å². The van der Waals surface area contributed by atoms with Crippen molar-refractivity contribution in [2.75, 3.05) is 22.4 Å². The topological polar surface area (TPSA) is 104 Å². The number of nitrogens with one attached hydrogen (secondary N) is 1. The fraction of sp³-hybridized carbons (Fsp3) is 0.176. The van der Waals surface area contributed by atoms with E-state index in [-0.39, 0.29) is 16.9 Å². The third-order valence-electron chi connectivity index (χ3n) is 3.56. The molecule has 2 aromatic rings. The molecule has 26 heavy (non-hydrogen) atoms. The Labute approximate surface area is 156 Å². The van der Waals surface area contributed by atoms with Crippen LogP contribution < -0.4 is 9.62 Å². The van der Waals surface area contributed by atoms with Crippen molar-refractivity contribution < 1.29 is 23.1 Å². The molecule has 7 nitrogen and oxygen atoms in total. The highest BCUT2D eigenvalue weighted by molar-refractivity contribution is 7.92. The molecular formula is C17H17ClN2O5S. The van der Waals surface area contributed by atoms with Crippen molar-refractivity contribution in [3.63, 3.8) is 0 Å². The lowest BCUT2D eigenvalue weighted by atomic mass is 10.2. The van der Waals surface area contributed by atoms with Crippen LogP contribution in [0.1, 0.15) is 15.9 Å². The SMILES string of the molecule is Cc1ccc(N(CC(=O)Nc2ccccc2C(=O)O)S(C)(=O)=O)cc1Cl. The molecule has 2 N–H and O–H groups in total. The van der Waals surface area contributed by atoms with E-state index >= 15 is 0 Å². The summed E-state index contributed by atoms with van der Waals surface area (Å²) in [5.41, 5.74) is 0.999. The second-order valence-electron chi connectivity index (χ2n) is 5.60. The predicted octanol–water partition coefficient (Wildman–Crippen LogP) is 2.75. The molecule has 0 aromatic heterocycles. The number of hydrogen-bond donors (Lipinski definition) is 2. The Morgan fingerprint density at radius 3 is 2.42 bits per heavy atom. The van der Waals surface area contributed by atoms with E-state index in [1.807, 2.05) is 0 Å². The molecule has 0 aliphatic rings. The van der Waals surface area contributed by atoms with Crippen LogP contribution in [0.25, 0.3) is 0 Å². The number of anilines is 2. The highest BCUT2D eigenvalue weighted by atomic mass is 35.5. The summed E-state index contributed by atoms with van der Waals surface area (Å²) in [5, 5.41) is 12.0. The van der Waals surface area contributed by atoms with Crippen LogP contribution >= 0.6 is 11.6 Å². The summed E-state index contributed by atoms with van der Waals surface area (Å²) in [6.45, 7) is 1.25. The standard InChI is InChI=1S/C17H17ClN2O5S/c1-11-7-8-12(9-14(11)18)20(26(2,24)25)10-16(21)19-15-6-4-3-5-13(15)17(22)23/h3-9H,10H2,1-2H3,(H,19,21)(H,22,23). The average molecular weight is 397 g/mol. The van der Waals surface area contributed by atoms with Crippen LogP contribution in [-0.2, 0) is 14.8 Å². The molecule has 0 unspecified atom stereocenters. The van der Waals surface area contributed by atoms with Gasteiger partial charge < -0.3 is 10.4 Å². The number of rotatable bonds is 6. The van der Waals surface area contributed by atoms with Gasteiger partial charge >= 0.3 is 5.97 Å². The first-order valence-electron chi connectivity index (χ1n) is 7.45. The number of aromatic carboxylic acids is 1. The average Bonchev–Trinajstić information content (AvgIpc) is 2.54. The van der Waals surface area contributed by atoms with Crippen LogP contribution in [0.4, 0.5) is 11.4 Å². The largest absolute Gasteiger partial charge is 0.478 e. The number of para-hydroxylation sites is 1. The molecule has 0 heterocycles. The Hall–Kier alpha value is -2.58. The van der Waals surface area contributed by atoms with E-state index in [0.717, 1.165) is 16.1 Å². The number of sulfonamides is 1. The van der Waals surface area contributed by atoms with E-state index in [4.69, 9.17) is 16.7 Å². The summed E-state index contributed by atoms with van der Waals surface area (Å²) in [7, 11) is -3.76. The number of amides is 1. The molecule has 0 saturated carbocycles. The summed E-state index contributed by atoms with van der Waals surface area (Å²) in [5.74, 6) is -1.88. The Kier molecular flexibility index (Phi) is 5.89. The van der Waals surface area contributed by atoms with Gasteiger partial charge in [0.1, 0.15) is 6.54 Å². The van der Waals surface area contributed by atoms with Crippen LogP contribution in [0.15, 0.2) is 42.5 Å². The highest BCUT2D eigenvalue weighted by Gasteiger charge is 2.22. The van der Waals surface area contributed by atoms with E-state index in [1.54, 1.807) is 25.1 Å². The lowest BCUT2D eigenvalue weighted by Crippen LogP contribution is -2.37. The molecule has 0 bridgehead atoms. The highest BCUT2D eigenvalue weighted by Crippen LogP contribution is 2.25. The molecule has 0 fully saturated rings. The Morgan fingerprint density at radius 2 is 1.85 bits per heavy atom. The number of halogens is 1. The third kappa shape index (κ3) is 4.74. The van der Waals surface area contributed by atoms with Crippen molar-refractivity contribution >= 4 is 44.9 Å². The number of aryl methyl sites for hydroxylation is 1. The minimum atomic E-state index is -3.76. The van der Waals surface area contributed by atoms with E-state index < -0.39 is 28.4 Å². The van der Waals surface area contributed by atoms with E-state index in [9.17, 15) is 18.0 Å². The monoisotopic (exact) mass is 396 g/mol. The smallest absolute Gasteiger partial charge is 0.337 e. The Bertz CT molecular complexity index is 959. The van der Waals surface area contributed by atoms with Crippen molar-refractivity contribution in [3.8, 4) is 0 Å². The lowest BCUT2D eigenvalue weighted by Gasteiger charge is -2.22. The fourth-order valence-electron chi connectivity index (χ4n) is 2.24. The molecular weight excluding hydrogens is 380 g/mol. The minimum absolute atomic E-state index is 0.0837. The van der Waals surface area contributed by atoms with Crippen molar-refractivity contribution in [1.82, 2.24) is 0 Å². The first kappa shape index (κ1) is 19.7. The van der Waals surface area contributed by atoms with Crippen molar-refractivity contribution in [3.05, 3.63) is 58.6 Å². The summed E-state index contributed by atoms with van der Waals surface area (Å²) in [4.78, 5) is 23.5. The maximum atomic E-state index is 12.3. The maximum Gasteiger partial charge on any atom is 0.337 e. The van der Waals surface area contributed by atoms with Gasteiger partial charge in [-0.2, -0.15) is 0 Å². The first-order valence-corrected chi connectivity index (χ1v) is 9.68. The maximum absolute atomic E-state index is 12.3. The molecule has 138 valence electrons. The third-order valence-corrected chi connectivity index (χ3v) is 5.11. The van der Waals surface area contributed by atoms with Gasteiger partial charge in [-0.3, -0.25) is 9.10 Å². The number of hydrogen-bond acceptors (Lipinski definition) is 4. The fourth-order valence-corrected chi connectivity index (χ4v) is 3.26. The Balaban J connectivity index is 2.28. The van der Waals surface area contributed by atoms with Gasteiger partial charge in [-0.05, 0) is 36.8 Å². The summed E-state index contributed by atoms with van der Waals surface area (Å²) in [6.07, 6.45) is 0.971. The van der Waals surface area contributed by atoms with Crippen molar-refractivity contribution in [2.45, 2.75) is 6.92 Å². The van der Waals surface area contributed by atoms with Gasteiger partial charge in [0.25, 0.3) is 0 Å². The number of carbonyl (C=O) groups is 2. The predicted molar refractivity (Wildman–Crippen MR) is 100 cm³/mol. The molecule has 9 heteroatoms. The van der Waals surface area contributed by atoms with Gasteiger partial charge in [0, 0.05) is 5.02 Å². The number of benzene rings is 2. The number of nitrogens with zero attached hydrogens (tertiary/aromatic N) is 1. The van der Waals surface area contributed by atoms with Gasteiger partial charge in [0.2, 0.25) is 15.9 Å². The van der Waals surface area contributed by atoms with E-state index in [1.165, 1.54) is 24.3 Å². The van der Waals surface area contributed by atoms with Gasteiger partial charge in [0.05, 0.1) is 23.2 Å². The molecule has 0 aliphatic carbocycles. The second-order valence-corrected chi connectivity index (χ2v) is 7.92. The minimum Gasteiger partial charge on any atom is -0.478 e. The van der Waals surface area contributed by atoms with Crippen LogP contribution in [0.5, 0.6) is 0 Å². The Morgan fingerprint density at radius 1 is 1.19 bits per heavy atom. The molecule has 0 aliphatic heterocycles. The van der Waals surface area contributed by atoms with Crippen molar-refractivity contribution in [2.24, 2.45) is 0 Å². The van der Waals surface area contributed by atoms with Crippen LogP contribution in [0.3, 0.4) is 0 Å². The second kappa shape index (κ2) is 7.76. The van der Waals surface area contributed by atoms with Crippen LogP contribution in [0, 0.1) is 6.92 Å². The molecule has 0 atom stereocenters. The van der Waals surface area contributed by atoms with Crippen molar-refractivity contribution in [1.29, 1.82) is 0 Å². The first-order chi connectivity index (χ1) is 12.1. The van der Waals surface area contributed by atoms with Gasteiger partial charge in [-0.15, -0.1) is 0 Å². The quantitative estimate of drug-likeness (QED) is 0.781. The lowest BCUT2D eigenvalue weighted by molar-refractivity contribution is -0.114. The summed E-state index contributed by atoms with van der Waals surface area (Å²) in [6, 6.07) is 10.5. The van der Waals surface area contributed by atoms with Gasteiger partial charge in [-0.25, -0.2) is 13.2 Å². The summed E-state index contributed by atoms with van der Waals surface area (Å²) < 4.78 is 25.1. The van der Waals surface area contributed by atoms with E-state index in [2.05, 4.69) is 5.32 Å². The van der Waals surface area contributed by atoms with E-state index in [0.29, 0.717) is 5.02 Å². The number of carboxylic acids is 1. The molecule has 0 spiro atoms. The zero-order valence-corrected chi connectivity index (χ0v) is 15.6. The van der Waals surface area contributed by atoms with Crippen LogP contribution in [0.2, 0.25) is 5.02 Å². The molecule has 0 saturated heterocycles. The molecule has 1 amide bonds. The van der Waals surface area contributed by atoms with Gasteiger partial charge in [0.15, 0.2) is 0 Å². The zero-order chi connectivity index (χ0) is 19.5. The normalized spacial score (nSPS) is 11.0. The number of carboxylic acid groups (broad SMARTS) is 1. The molecule has 2 aromatic carbocycles. The molecule has 0 radical (unpaired) electrons. The number of carbonyl (C=O) groups excluding carboxylic acids is 1. The summed E-state index contributed by atoms with van der Waals surface area (Å²) >= 11 is 6.04. The molecule has 2 rings (SSSR count). The zero-order valence-electron chi connectivity index (χ0n) is 14.1. The van der Waals surface area contributed by atoms with Crippen LogP contribution in [-0.4, -0.2) is 38.2 Å².